The molecule has 0 saturated heterocycles. The Balaban J connectivity index is 0.000000131. The van der Waals surface area contributed by atoms with Gasteiger partial charge in [-0.1, -0.05) is 51.9 Å². The lowest BCUT2D eigenvalue weighted by molar-refractivity contribution is -0.576. The summed E-state index contributed by atoms with van der Waals surface area (Å²) in [5, 5.41) is 38.1. The van der Waals surface area contributed by atoms with Crippen LogP contribution in [0.4, 0.5) is 13.2 Å². The van der Waals surface area contributed by atoms with Crippen molar-refractivity contribution in [3.8, 4) is 33.4 Å². The van der Waals surface area contributed by atoms with Crippen molar-refractivity contribution in [1.29, 1.82) is 0 Å². The van der Waals surface area contributed by atoms with Crippen LogP contribution in [0.1, 0.15) is 68.1 Å². The Morgan fingerprint density at radius 2 is 0.948 bits per heavy atom. The van der Waals surface area contributed by atoms with Crippen molar-refractivity contribution < 1.29 is 31.5 Å². The molecule has 0 aliphatic rings. The molecule has 0 spiro atoms. The first-order chi connectivity index (χ1) is 36.9. The molecule has 0 radical (unpaired) electrons. The van der Waals surface area contributed by atoms with Crippen molar-refractivity contribution in [3.05, 3.63) is 205 Å². The quantitative estimate of drug-likeness (QED) is 0.106. The maximum absolute atomic E-state index is 13.1. The van der Waals surface area contributed by atoms with Gasteiger partial charge in [-0.15, -0.1) is 0 Å². The minimum Gasteiger partial charge on any atom is -0.618 e. The van der Waals surface area contributed by atoms with Gasteiger partial charge in [0, 0.05) is 17.3 Å². The summed E-state index contributed by atoms with van der Waals surface area (Å²) in [5.41, 5.74) is 16.2. The van der Waals surface area contributed by atoms with Gasteiger partial charge in [0.2, 0.25) is 0 Å². The van der Waals surface area contributed by atoms with E-state index in [9.17, 15) is 23.2 Å². The Morgan fingerprint density at radius 1 is 0.519 bits per heavy atom. The molecule has 0 saturated carbocycles. The summed E-state index contributed by atoms with van der Waals surface area (Å²) in [6, 6.07) is 24.8. The monoisotopic (exact) mass is 1040 g/mol. The maximum atomic E-state index is 13.1. The van der Waals surface area contributed by atoms with E-state index in [1.165, 1.54) is 42.6 Å². The number of pyridine rings is 3. The highest BCUT2D eigenvalue weighted by Crippen LogP contribution is 2.32. The number of benzene rings is 3. The van der Waals surface area contributed by atoms with E-state index in [2.05, 4.69) is 46.8 Å². The normalized spacial score (nSPS) is 11.4. The zero-order valence-corrected chi connectivity index (χ0v) is 43.5. The second-order valence-corrected chi connectivity index (χ2v) is 18.9. The molecule has 0 bridgehead atoms. The molecule has 9 heterocycles. The Hall–Kier alpha value is -9.46. The van der Waals surface area contributed by atoms with Gasteiger partial charge < -0.3 is 23.8 Å². The van der Waals surface area contributed by atoms with Crippen molar-refractivity contribution in [2.75, 3.05) is 0 Å². The van der Waals surface area contributed by atoms with Gasteiger partial charge in [-0.3, -0.25) is 23.8 Å². The van der Waals surface area contributed by atoms with E-state index in [4.69, 9.17) is 13.6 Å². The molecule has 0 aliphatic heterocycles. The number of rotatable bonds is 9. The molecular weight excluding hydrogens is 990 g/mol. The van der Waals surface area contributed by atoms with Crippen LogP contribution in [0.15, 0.2) is 122 Å². The summed E-state index contributed by atoms with van der Waals surface area (Å²) < 4.78 is 61.4. The third kappa shape index (κ3) is 10.2. The van der Waals surface area contributed by atoms with Gasteiger partial charge in [0.1, 0.15) is 51.5 Å². The van der Waals surface area contributed by atoms with E-state index in [1.54, 1.807) is 66.5 Å². The topological polar surface area (TPSA) is 204 Å². The maximum Gasteiger partial charge on any atom is 0.265 e. The van der Waals surface area contributed by atoms with Crippen LogP contribution in [-0.2, 0) is 19.6 Å². The second kappa shape index (κ2) is 20.7. The molecule has 3 aromatic carbocycles. The van der Waals surface area contributed by atoms with E-state index in [1.807, 2.05) is 64.6 Å². The van der Waals surface area contributed by atoms with Crippen molar-refractivity contribution in [2.24, 2.45) is 0 Å². The SMILES string of the molecule is Cc1noc(C)c1-c1cc2c([nH]c1=O)c(C)nn2Cc1ccc(F)cc1.Cc1noc(C)c1-c1cc2c(c(C)nn2Cc2ccc(F)cc2)[n+]([O-])c1.Cc1noc(C)c1-c1cnc2c(C)nn(Cc3ccc(F)cc3)c2c1. The fourth-order valence-corrected chi connectivity index (χ4v) is 9.64. The van der Waals surface area contributed by atoms with Gasteiger partial charge in [0.25, 0.3) is 11.1 Å². The summed E-state index contributed by atoms with van der Waals surface area (Å²) in [4.78, 5) is 20.1. The highest BCUT2D eigenvalue weighted by atomic mass is 19.1. The number of halogens is 3. The van der Waals surface area contributed by atoms with Gasteiger partial charge in [0.05, 0.1) is 86.9 Å². The van der Waals surface area contributed by atoms with E-state index in [0.29, 0.717) is 70.2 Å². The Labute approximate surface area is 437 Å². The van der Waals surface area contributed by atoms with Gasteiger partial charge in [-0.05, 0) is 134 Å². The molecular formula is C57H51F3N12O5. The summed E-state index contributed by atoms with van der Waals surface area (Å²) in [6.07, 6.45) is 3.34. The van der Waals surface area contributed by atoms with Gasteiger partial charge in [-0.2, -0.15) is 20.0 Å². The smallest absolute Gasteiger partial charge is 0.265 e. The molecule has 77 heavy (non-hydrogen) atoms. The molecule has 390 valence electrons. The summed E-state index contributed by atoms with van der Waals surface area (Å²) in [6.45, 7) is 18.1. The highest BCUT2D eigenvalue weighted by molar-refractivity contribution is 5.85. The van der Waals surface area contributed by atoms with Gasteiger partial charge in [0.15, 0.2) is 6.20 Å². The number of aromatic nitrogens is 12. The van der Waals surface area contributed by atoms with Crippen molar-refractivity contribution in [2.45, 2.75) is 81.9 Å². The Morgan fingerprint density at radius 3 is 1.44 bits per heavy atom. The first-order valence-electron chi connectivity index (χ1n) is 24.5. The van der Waals surface area contributed by atoms with E-state index >= 15 is 0 Å². The third-order valence-corrected chi connectivity index (χ3v) is 13.3. The number of H-pyrrole nitrogens is 1. The van der Waals surface area contributed by atoms with Crippen molar-refractivity contribution in [3.63, 3.8) is 0 Å². The number of nitrogens with one attached hydrogen (secondary N) is 1. The van der Waals surface area contributed by atoms with E-state index < -0.39 is 0 Å². The van der Waals surface area contributed by atoms with Crippen LogP contribution < -0.4 is 10.3 Å². The molecule has 12 rings (SSSR count). The Bertz CT molecular complexity index is 4140. The molecule has 0 atom stereocenters. The number of aromatic amines is 1. The van der Waals surface area contributed by atoms with Crippen molar-refractivity contribution in [1.82, 2.24) is 54.8 Å². The molecule has 0 aliphatic carbocycles. The average Bonchev–Trinajstić information content (AvgIpc) is 4.26. The minimum atomic E-state index is -0.284. The summed E-state index contributed by atoms with van der Waals surface area (Å²) in [7, 11) is 0. The number of hydrogen-bond acceptors (Lipinski definition) is 12. The lowest BCUT2D eigenvalue weighted by Gasteiger charge is -2.06. The first-order valence-corrected chi connectivity index (χ1v) is 24.5. The molecule has 9 aromatic heterocycles. The molecule has 17 nitrogen and oxygen atoms in total. The zero-order valence-electron chi connectivity index (χ0n) is 43.5. The lowest BCUT2D eigenvalue weighted by Crippen LogP contribution is -2.27. The van der Waals surface area contributed by atoms with Crippen LogP contribution in [0.3, 0.4) is 0 Å². The Kier molecular flexibility index (Phi) is 13.7. The van der Waals surface area contributed by atoms with Crippen LogP contribution in [0.5, 0.6) is 0 Å². The van der Waals surface area contributed by atoms with Crippen LogP contribution in [0, 0.1) is 85.0 Å². The highest BCUT2D eigenvalue weighted by Gasteiger charge is 2.23. The standard InChI is InChI=1S/2C19H17FN4O2.C19H17FN4O/c1-11-18(13(3)26-22-11)15-8-17-19(24(25)10-15)12(2)21-23(17)9-14-4-6-16(20)7-5-14;1-10-17(12(3)26-23-10)15-8-16-18(21-19(15)25)11(2)22-24(16)9-13-4-6-14(20)7-5-13;1-11-18(13(3)25-23-11)15-8-17-19(21-9-15)12(2)22-24(17)10-14-4-6-16(20)7-5-14/h4-8,10H,9H2,1-3H3;4-8H,9H2,1-3H3,(H,21,25);4-9H,10H2,1-3H3. The van der Waals surface area contributed by atoms with Gasteiger partial charge >= 0.3 is 0 Å². The lowest BCUT2D eigenvalue weighted by atomic mass is 10.1. The molecule has 0 unspecified atom stereocenters. The minimum absolute atomic E-state index is 0.212. The fourth-order valence-electron chi connectivity index (χ4n) is 9.64. The molecule has 12 aromatic rings. The molecule has 20 heteroatoms. The zero-order chi connectivity index (χ0) is 54.4. The van der Waals surface area contributed by atoms with Crippen LogP contribution in [0.2, 0.25) is 0 Å². The fraction of sp³-hybridized carbons (Fsp3) is 0.211. The van der Waals surface area contributed by atoms with Crippen LogP contribution in [0.25, 0.3) is 66.5 Å². The molecule has 1 N–H and O–H groups in total. The van der Waals surface area contributed by atoms with Crippen molar-refractivity contribution >= 4 is 33.1 Å². The van der Waals surface area contributed by atoms with Gasteiger partial charge in [-0.25, -0.2) is 13.2 Å². The number of fused-ring (bicyclic) bond motifs is 3. The molecule has 0 fully saturated rings. The van der Waals surface area contributed by atoms with Crippen LogP contribution in [-0.4, -0.2) is 54.8 Å². The second-order valence-electron chi connectivity index (χ2n) is 18.9. The first kappa shape index (κ1) is 51.0. The predicted octanol–water partition coefficient (Wildman–Crippen LogP) is 11.1. The number of aryl methyl sites for hydroxylation is 9. The average molecular weight is 1040 g/mol. The van der Waals surface area contributed by atoms with E-state index in [0.717, 1.165) is 88.8 Å². The third-order valence-electron chi connectivity index (χ3n) is 13.3. The molecule has 0 amide bonds. The predicted molar refractivity (Wildman–Crippen MR) is 282 cm³/mol. The number of hydrogen-bond donors (Lipinski definition) is 1. The largest absolute Gasteiger partial charge is 0.618 e. The van der Waals surface area contributed by atoms with E-state index in [-0.39, 0.29) is 23.0 Å². The summed E-state index contributed by atoms with van der Waals surface area (Å²) >= 11 is 0. The van der Waals surface area contributed by atoms with Crippen LogP contribution >= 0.6 is 0 Å². The summed E-state index contributed by atoms with van der Waals surface area (Å²) in [5.74, 6) is 1.21. The number of nitrogens with zero attached hydrogens (tertiary/aromatic N) is 11.